The van der Waals surface area contributed by atoms with Gasteiger partial charge in [-0.15, -0.1) is 0 Å². The van der Waals surface area contributed by atoms with Crippen LogP contribution in [0.5, 0.6) is 0 Å². The number of hydrogen-bond donors (Lipinski definition) is 0. The second-order valence-electron chi connectivity index (χ2n) is 9.96. The summed E-state index contributed by atoms with van der Waals surface area (Å²) in [4.78, 5) is 5.13. The standard InChI is InChI=1S/C21H44N2/c1-8-23(17-13-20(2,3)4)14-9-12-21(5,6)18-19-10-15-22(7)16-11-19/h19H,8-18H2,1-7H3. The Bertz CT molecular complexity index is 308. The molecule has 0 saturated carbocycles. The first kappa shape index (κ1) is 21.0. The lowest BCUT2D eigenvalue weighted by molar-refractivity contribution is 0.153. The minimum Gasteiger partial charge on any atom is -0.306 e. The Labute approximate surface area is 147 Å². The highest BCUT2D eigenvalue weighted by Gasteiger charge is 2.25. The second-order valence-corrected chi connectivity index (χ2v) is 9.96. The van der Waals surface area contributed by atoms with Gasteiger partial charge in [0, 0.05) is 0 Å². The summed E-state index contributed by atoms with van der Waals surface area (Å²) in [6.45, 7) is 20.7. The van der Waals surface area contributed by atoms with E-state index >= 15 is 0 Å². The van der Waals surface area contributed by atoms with Crippen molar-refractivity contribution in [3.8, 4) is 0 Å². The summed E-state index contributed by atoms with van der Waals surface area (Å²) in [5.41, 5.74) is 0.977. The van der Waals surface area contributed by atoms with Gasteiger partial charge < -0.3 is 9.80 Å². The van der Waals surface area contributed by atoms with Gasteiger partial charge in [-0.3, -0.25) is 0 Å². The van der Waals surface area contributed by atoms with Gasteiger partial charge >= 0.3 is 0 Å². The van der Waals surface area contributed by atoms with Crippen molar-refractivity contribution >= 4 is 0 Å². The summed E-state index contributed by atoms with van der Waals surface area (Å²) < 4.78 is 0. The van der Waals surface area contributed by atoms with Crippen LogP contribution in [0.25, 0.3) is 0 Å². The maximum absolute atomic E-state index is 2.65. The molecule has 2 nitrogen and oxygen atoms in total. The normalized spacial score (nSPS) is 18.8. The predicted molar refractivity (Wildman–Crippen MR) is 104 cm³/mol. The zero-order valence-corrected chi connectivity index (χ0v) is 17.2. The highest BCUT2D eigenvalue weighted by atomic mass is 15.1. The quantitative estimate of drug-likeness (QED) is 0.569. The second kappa shape index (κ2) is 9.42. The van der Waals surface area contributed by atoms with Gasteiger partial charge in [-0.05, 0) is 95.0 Å². The average Bonchev–Trinajstić information content (AvgIpc) is 2.43. The molecule has 0 aromatic carbocycles. The Morgan fingerprint density at radius 1 is 0.957 bits per heavy atom. The van der Waals surface area contributed by atoms with Gasteiger partial charge in [-0.2, -0.15) is 0 Å². The van der Waals surface area contributed by atoms with Gasteiger partial charge in [0.05, 0.1) is 0 Å². The first-order chi connectivity index (χ1) is 10.6. The molecule has 0 radical (unpaired) electrons. The molecule has 1 heterocycles. The Kier molecular flexibility index (Phi) is 8.58. The summed E-state index contributed by atoms with van der Waals surface area (Å²) in [5, 5.41) is 0. The number of rotatable bonds is 9. The predicted octanol–water partition coefficient (Wildman–Crippen LogP) is 5.28. The largest absolute Gasteiger partial charge is 0.306 e. The molecule has 138 valence electrons. The molecule has 0 N–H and O–H groups in total. The smallest absolute Gasteiger partial charge is 0.00139 e. The molecule has 0 aromatic heterocycles. The van der Waals surface area contributed by atoms with E-state index in [9.17, 15) is 0 Å². The molecule has 1 fully saturated rings. The fraction of sp³-hybridized carbons (Fsp3) is 1.00. The number of likely N-dealkylation sites (tertiary alicyclic amines) is 1. The van der Waals surface area contributed by atoms with Gasteiger partial charge in [0.2, 0.25) is 0 Å². The molecule has 0 bridgehead atoms. The van der Waals surface area contributed by atoms with Crippen LogP contribution < -0.4 is 0 Å². The molecule has 0 unspecified atom stereocenters. The molecular weight excluding hydrogens is 280 g/mol. The fourth-order valence-electron chi connectivity index (χ4n) is 3.85. The molecule has 1 aliphatic heterocycles. The van der Waals surface area contributed by atoms with Crippen molar-refractivity contribution in [2.75, 3.05) is 39.8 Å². The van der Waals surface area contributed by atoms with Crippen molar-refractivity contribution in [1.82, 2.24) is 9.80 Å². The first-order valence-electron chi connectivity index (χ1n) is 10.0. The summed E-state index contributed by atoms with van der Waals surface area (Å²) in [7, 11) is 2.26. The summed E-state index contributed by atoms with van der Waals surface area (Å²) in [6.07, 6.45) is 8.29. The minimum absolute atomic E-state index is 0.459. The molecular formula is C21H44N2. The van der Waals surface area contributed by atoms with Crippen LogP contribution in [0.2, 0.25) is 0 Å². The van der Waals surface area contributed by atoms with Gasteiger partial charge in [0.15, 0.2) is 0 Å². The molecule has 2 heteroatoms. The third-order valence-corrected chi connectivity index (χ3v) is 5.63. The molecule has 1 aliphatic rings. The monoisotopic (exact) mass is 324 g/mol. The lowest BCUT2D eigenvalue weighted by atomic mass is 9.76. The van der Waals surface area contributed by atoms with E-state index in [-0.39, 0.29) is 0 Å². The van der Waals surface area contributed by atoms with Crippen molar-refractivity contribution in [3.63, 3.8) is 0 Å². The van der Waals surface area contributed by atoms with Gasteiger partial charge in [-0.25, -0.2) is 0 Å². The van der Waals surface area contributed by atoms with Crippen molar-refractivity contribution in [1.29, 1.82) is 0 Å². The van der Waals surface area contributed by atoms with Crippen LogP contribution >= 0.6 is 0 Å². The lowest BCUT2D eigenvalue weighted by Crippen LogP contribution is -2.33. The van der Waals surface area contributed by atoms with E-state index in [1.54, 1.807) is 0 Å². The lowest BCUT2D eigenvalue weighted by Gasteiger charge is -2.35. The van der Waals surface area contributed by atoms with Crippen LogP contribution in [0.1, 0.15) is 80.1 Å². The zero-order valence-electron chi connectivity index (χ0n) is 17.2. The average molecular weight is 325 g/mol. The van der Waals surface area contributed by atoms with Crippen LogP contribution in [0, 0.1) is 16.7 Å². The Balaban J connectivity index is 2.26. The fourth-order valence-corrected chi connectivity index (χ4v) is 3.85. The summed E-state index contributed by atoms with van der Waals surface area (Å²) in [6, 6.07) is 0. The number of piperidine rings is 1. The van der Waals surface area contributed by atoms with Crippen LogP contribution in [0.15, 0.2) is 0 Å². The summed E-state index contributed by atoms with van der Waals surface area (Å²) >= 11 is 0. The summed E-state index contributed by atoms with van der Waals surface area (Å²) in [5.74, 6) is 0.962. The molecule has 0 aliphatic carbocycles. The van der Waals surface area contributed by atoms with E-state index in [0.717, 1.165) is 5.92 Å². The Morgan fingerprint density at radius 3 is 2.09 bits per heavy atom. The molecule has 0 amide bonds. The van der Waals surface area contributed by atoms with Gasteiger partial charge in [-0.1, -0.05) is 41.5 Å². The zero-order chi connectivity index (χ0) is 17.5. The third kappa shape index (κ3) is 9.72. The van der Waals surface area contributed by atoms with Crippen molar-refractivity contribution in [2.24, 2.45) is 16.7 Å². The van der Waals surface area contributed by atoms with Crippen LogP contribution in [0.3, 0.4) is 0 Å². The molecule has 1 saturated heterocycles. The highest BCUT2D eigenvalue weighted by Crippen LogP contribution is 2.34. The molecule has 1 rings (SSSR count). The van der Waals surface area contributed by atoms with E-state index in [1.165, 1.54) is 71.2 Å². The van der Waals surface area contributed by atoms with Crippen LogP contribution in [0.4, 0.5) is 0 Å². The Hall–Kier alpha value is -0.0800. The number of hydrogen-bond acceptors (Lipinski definition) is 2. The van der Waals surface area contributed by atoms with Crippen molar-refractivity contribution in [3.05, 3.63) is 0 Å². The van der Waals surface area contributed by atoms with E-state index in [4.69, 9.17) is 0 Å². The molecule has 23 heavy (non-hydrogen) atoms. The van der Waals surface area contributed by atoms with Crippen LogP contribution in [-0.4, -0.2) is 49.6 Å². The highest BCUT2D eigenvalue weighted by molar-refractivity contribution is 4.78. The van der Waals surface area contributed by atoms with Crippen LogP contribution in [-0.2, 0) is 0 Å². The molecule has 0 aromatic rings. The molecule has 0 atom stereocenters. The van der Waals surface area contributed by atoms with E-state index in [1.807, 2.05) is 0 Å². The third-order valence-electron chi connectivity index (χ3n) is 5.63. The van der Waals surface area contributed by atoms with Gasteiger partial charge in [0.25, 0.3) is 0 Å². The minimum atomic E-state index is 0.459. The first-order valence-corrected chi connectivity index (χ1v) is 10.0. The van der Waals surface area contributed by atoms with E-state index < -0.39 is 0 Å². The maximum Gasteiger partial charge on any atom is -0.00139 e. The molecule has 0 spiro atoms. The van der Waals surface area contributed by atoms with Gasteiger partial charge in [0.1, 0.15) is 0 Å². The SMILES string of the molecule is CCN(CCCC(C)(C)CC1CCN(C)CC1)CCC(C)(C)C. The van der Waals surface area contributed by atoms with E-state index in [2.05, 4.69) is 58.4 Å². The maximum atomic E-state index is 2.65. The van der Waals surface area contributed by atoms with Crippen molar-refractivity contribution in [2.45, 2.75) is 80.1 Å². The topological polar surface area (TPSA) is 6.48 Å². The Morgan fingerprint density at radius 2 is 1.57 bits per heavy atom. The van der Waals surface area contributed by atoms with Crippen molar-refractivity contribution < 1.29 is 0 Å². The van der Waals surface area contributed by atoms with E-state index in [0.29, 0.717) is 10.8 Å². The number of nitrogens with zero attached hydrogens (tertiary/aromatic N) is 2.